The van der Waals surface area contributed by atoms with Gasteiger partial charge in [-0.05, 0) is 26.7 Å². The Balaban J connectivity index is 1.64. The van der Waals surface area contributed by atoms with Crippen LogP contribution in [0.5, 0.6) is 0 Å². The number of aryl methyl sites for hydroxylation is 2. The first-order chi connectivity index (χ1) is 8.16. The van der Waals surface area contributed by atoms with Gasteiger partial charge < -0.3 is 15.2 Å². The minimum absolute atomic E-state index is 0.138. The number of amides is 1. The fourth-order valence-corrected chi connectivity index (χ4v) is 1.70. The molecule has 1 heterocycles. The summed E-state index contributed by atoms with van der Waals surface area (Å²) in [4.78, 5) is 11.4. The molecule has 0 unspecified atom stereocenters. The molecule has 1 fully saturated rings. The van der Waals surface area contributed by atoms with Gasteiger partial charge in [0.25, 0.3) is 0 Å². The van der Waals surface area contributed by atoms with Crippen molar-refractivity contribution in [3.63, 3.8) is 0 Å². The van der Waals surface area contributed by atoms with Crippen LogP contribution in [0, 0.1) is 13.8 Å². The highest BCUT2D eigenvalue weighted by atomic mass is 16.5. The summed E-state index contributed by atoms with van der Waals surface area (Å²) in [5, 5.41) is 10.1. The molecule has 1 saturated carbocycles. The van der Waals surface area contributed by atoms with Crippen LogP contribution in [0.25, 0.3) is 0 Å². The van der Waals surface area contributed by atoms with E-state index in [4.69, 9.17) is 4.52 Å². The van der Waals surface area contributed by atoms with Crippen molar-refractivity contribution in [2.75, 3.05) is 6.54 Å². The van der Waals surface area contributed by atoms with Crippen LogP contribution in [0.15, 0.2) is 4.52 Å². The topological polar surface area (TPSA) is 67.2 Å². The second kappa shape index (κ2) is 5.31. The summed E-state index contributed by atoms with van der Waals surface area (Å²) in [7, 11) is 0. The lowest BCUT2D eigenvalue weighted by Gasteiger charge is -2.05. The molecular weight excluding hydrogens is 218 g/mol. The molecule has 1 aliphatic carbocycles. The molecule has 5 heteroatoms. The van der Waals surface area contributed by atoms with Crippen molar-refractivity contribution in [3.8, 4) is 0 Å². The van der Waals surface area contributed by atoms with Crippen LogP contribution in [0.2, 0.25) is 0 Å². The number of hydrogen-bond acceptors (Lipinski definition) is 4. The van der Waals surface area contributed by atoms with E-state index in [0.717, 1.165) is 29.9 Å². The lowest BCUT2D eigenvalue weighted by atomic mass is 10.2. The Morgan fingerprint density at radius 3 is 2.82 bits per heavy atom. The fourth-order valence-electron chi connectivity index (χ4n) is 1.70. The minimum Gasteiger partial charge on any atom is -0.361 e. The third kappa shape index (κ3) is 3.56. The van der Waals surface area contributed by atoms with Crippen LogP contribution >= 0.6 is 0 Å². The van der Waals surface area contributed by atoms with Crippen LogP contribution in [0.3, 0.4) is 0 Å². The van der Waals surface area contributed by atoms with Crippen molar-refractivity contribution in [2.24, 2.45) is 0 Å². The Morgan fingerprint density at radius 1 is 1.47 bits per heavy atom. The fraction of sp³-hybridized carbons (Fsp3) is 0.667. The summed E-state index contributed by atoms with van der Waals surface area (Å²) in [5.74, 6) is 0.983. The van der Waals surface area contributed by atoms with E-state index in [9.17, 15) is 4.79 Å². The Hall–Kier alpha value is -1.36. The molecule has 1 aromatic heterocycles. The first-order valence-electron chi connectivity index (χ1n) is 6.08. The monoisotopic (exact) mass is 237 g/mol. The lowest BCUT2D eigenvalue weighted by molar-refractivity contribution is -0.121. The quantitative estimate of drug-likeness (QED) is 0.726. The van der Waals surface area contributed by atoms with Crippen molar-refractivity contribution in [3.05, 3.63) is 17.0 Å². The van der Waals surface area contributed by atoms with E-state index >= 15 is 0 Å². The standard InChI is InChI=1S/C12H19N3O2/c1-8-11(9(2)17-15-8)7-13-6-5-12(16)14-10-3-4-10/h10,13H,3-7H2,1-2H3,(H,14,16). The van der Waals surface area contributed by atoms with Crippen molar-refractivity contribution < 1.29 is 9.32 Å². The van der Waals surface area contributed by atoms with Gasteiger partial charge in [-0.3, -0.25) is 4.79 Å². The largest absolute Gasteiger partial charge is 0.361 e. The molecule has 0 aliphatic heterocycles. The van der Waals surface area contributed by atoms with E-state index in [2.05, 4.69) is 15.8 Å². The van der Waals surface area contributed by atoms with Gasteiger partial charge in [0, 0.05) is 31.1 Å². The summed E-state index contributed by atoms with van der Waals surface area (Å²) >= 11 is 0. The molecule has 0 atom stereocenters. The zero-order valence-corrected chi connectivity index (χ0v) is 10.4. The Bertz CT molecular complexity index is 377. The molecule has 5 nitrogen and oxygen atoms in total. The molecule has 1 amide bonds. The van der Waals surface area contributed by atoms with Gasteiger partial charge in [-0.25, -0.2) is 0 Å². The highest BCUT2D eigenvalue weighted by molar-refractivity contribution is 5.76. The number of nitrogens with one attached hydrogen (secondary N) is 2. The smallest absolute Gasteiger partial charge is 0.221 e. The molecule has 1 aliphatic rings. The molecule has 0 saturated heterocycles. The second-order valence-electron chi connectivity index (χ2n) is 4.57. The zero-order valence-electron chi connectivity index (χ0n) is 10.4. The summed E-state index contributed by atoms with van der Waals surface area (Å²) in [5.41, 5.74) is 2.00. The molecule has 2 rings (SSSR count). The van der Waals surface area contributed by atoms with E-state index < -0.39 is 0 Å². The van der Waals surface area contributed by atoms with Gasteiger partial charge in [-0.2, -0.15) is 0 Å². The predicted molar refractivity (Wildman–Crippen MR) is 63.5 cm³/mol. The van der Waals surface area contributed by atoms with Gasteiger partial charge in [0.05, 0.1) is 5.69 Å². The highest BCUT2D eigenvalue weighted by Crippen LogP contribution is 2.18. The highest BCUT2D eigenvalue weighted by Gasteiger charge is 2.22. The maximum Gasteiger partial charge on any atom is 0.221 e. The number of carbonyl (C=O) groups is 1. The van der Waals surface area contributed by atoms with Crippen molar-refractivity contribution in [1.82, 2.24) is 15.8 Å². The normalized spacial score (nSPS) is 14.9. The molecule has 1 aromatic rings. The van der Waals surface area contributed by atoms with Gasteiger partial charge >= 0.3 is 0 Å². The molecule has 0 aromatic carbocycles. The van der Waals surface area contributed by atoms with Crippen LogP contribution in [-0.2, 0) is 11.3 Å². The van der Waals surface area contributed by atoms with Gasteiger partial charge in [-0.1, -0.05) is 5.16 Å². The van der Waals surface area contributed by atoms with Crippen LogP contribution < -0.4 is 10.6 Å². The van der Waals surface area contributed by atoms with E-state index in [0.29, 0.717) is 25.6 Å². The minimum atomic E-state index is 0.138. The molecule has 2 N–H and O–H groups in total. The average molecular weight is 237 g/mol. The third-order valence-corrected chi connectivity index (χ3v) is 2.95. The van der Waals surface area contributed by atoms with E-state index in [-0.39, 0.29) is 5.91 Å². The number of aromatic nitrogens is 1. The summed E-state index contributed by atoms with van der Waals surface area (Å²) in [6, 6.07) is 0.449. The second-order valence-corrected chi connectivity index (χ2v) is 4.57. The van der Waals surface area contributed by atoms with Crippen molar-refractivity contribution >= 4 is 5.91 Å². The maximum absolute atomic E-state index is 11.4. The van der Waals surface area contributed by atoms with Gasteiger partial charge in [0.2, 0.25) is 5.91 Å². The molecule has 0 radical (unpaired) electrons. The summed E-state index contributed by atoms with van der Waals surface area (Å²) in [6.07, 6.45) is 2.80. The number of nitrogens with zero attached hydrogens (tertiary/aromatic N) is 1. The number of hydrogen-bond donors (Lipinski definition) is 2. The molecule has 0 bridgehead atoms. The van der Waals surface area contributed by atoms with Crippen LogP contribution in [0.1, 0.15) is 36.3 Å². The van der Waals surface area contributed by atoms with Crippen LogP contribution in [0.4, 0.5) is 0 Å². The van der Waals surface area contributed by atoms with E-state index in [1.54, 1.807) is 0 Å². The lowest BCUT2D eigenvalue weighted by Crippen LogP contribution is -2.29. The third-order valence-electron chi connectivity index (χ3n) is 2.95. The average Bonchev–Trinajstić information content (AvgIpc) is 3.03. The van der Waals surface area contributed by atoms with Crippen molar-refractivity contribution in [1.29, 1.82) is 0 Å². The summed E-state index contributed by atoms with van der Waals surface area (Å²) in [6.45, 7) is 5.21. The first kappa shape index (κ1) is 12.1. The molecule has 94 valence electrons. The van der Waals surface area contributed by atoms with Gasteiger partial charge in [-0.15, -0.1) is 0 Å². The van der Waals surface area contributed by atoms with Crippen molar-refractivity contribution in [2.45, 2.75) is 45.7 Å². The van der Waals surface area contributed by atoms with Gasteiger partial charge in [0.15, 0.2) is 0 Å². The molecule has 17 heavy (non-hydrogen) atoms. The zero-order chi connectivity index (χ0) is 12.3. The molecular formula is C12H19N3O2. The van der Waals surface area contributed by atoms with Gasteiger partial charge in [0.1, 0.15) is 5.76 Å². The van der Waals surface area contributed by atoms with Crippen LogP contribution in [-0.4, -0.2) is 23.7 Å². The Kier molecular flexibility index (Phi) is 3.78. The van der Waals surface area contributed by atoms with E-state index in [1.165, 1.54) is 0 Å². The Morgan fingerprint density at radius 2 is 2.24 bits per heavy atom. The number of carbonyl (C=O) groups excluding carboxylic acids is 1. The molecule has 0 spiro atoms. The first-order valence-corrected chi connectivity index (χ1v) is 6.08. The predicted octanol–water partition coefficient (Wildman–Crippen LogP) is 1.05. The van der Waals surface area contributed by atoms with E-state index in [1.807, 2.05) is 13.8 Å². The number of rotatable bonds is 6. The Labute approximate surface area is 101 Å². The summed E-state index contributed by atoms with van der Waals surface area (Å²) < 4.78 is 5.07. The maximum atomic E-state index is 11.4. The SMILES string of the molecule is Cc1noc(C)c1CNCCC(=O)NC1CC1.